The van der Waals surface area contributed by atoms with Gasteiger partial charge >= 0.3 is 5.97 Å². The highest BCUT2D eigenvalue weighted by Crippen LogP contribution is 2.15. The van der Waals surface area contributed by atoms with E-state index in [1.165, 1.54) is 18.7 Å². The van der Waals surface area contributed by atoms with E-state index >= 15 is 0 Å². The van der Waals surface area contributed by atoms with Crippen LogP contribution in [0.2, 0.25) is 0 Å². The molecule has 2 amide bonds. The molecule has 0 aliphatic carbocycles. The highest BCUT2D eigenvalue weighted by Gasteiger charge is 2.28. The van der Waals surface area contributed by atoms with Crippen LogP contribution >= 0.6 is 0 Å². The van der Waals surface area contributed by atoms with Crippen LogP contribution < -0.4 is 5.32 Å². The number of carboxylic acids is 1. The van der Waals surface area contributed by atoms with Gasteiger partial charge in [0.2, 0.25) is 5.91 Å². The third-order valence-electron chi connectivity index (χ3n) is 3.96. The molecule has 0 fully saturated rings. The number of aromatic nitrogens is 2. The van der Waals surface area contributed by atoms with E-state index in [0.717, 1.165) is 12.8 Å². The number of aliphatic carboxylic acids is 1. The fourth-order valence-corrected chi connectivity index (χ4v) is 2.42. The van der Waals surface area contributed by atoms with Crippen molar-refractivity contribution in [3.63, 3.8) is 0 Å². The zero-order chi connectivity index (χ0) is 18.3. The molecule has 134 valence electrons. The van der Waals surface area contributed by atoms with E-state index in [9.17, 15) is 19.5 Å². The summed E-state index contributed by atoms with van der Waals surface area (Å²) in [5.41, 5.74) is 0.206. The van der Waals surface area contributed by atoms with E-state index in [0.29, 0.717) is 0 Å². The number of nitrogens with zero attached hydrogens (tertiary/aromatic N) is 3. The standard InChI is InChI=1S/C16H26N4O4/c1-5-13(6-2)20-9-7-14(18-20)15(22)19(11(3)16(23)24)10-8-17-12(4)21/h7,9,11,13H,5-6,8,10H2,1-4H3,(H,17,21)(H,23,24). The Morgan fingerprint density at radius 1 is 1.33 bits per heavy atom. The second-order valence-corrected chi connectivity index (χ2v) is 5.65. The number of rotatable bonds is 9. The van der Waals surface area contributed by atoms with Gasteiger partial charge in [-0.15, -0.1) is 0 Å². The molecule has 0 spiro atoms. The monoisotopic (exact) mass is 338 g/mol. The van der Waals surface area contributed by atoms with Gasteiger partial charge < -0.3 is 15.3 Å². The average molecular weight is 338 g/mol. The fraction of sp³-hybridized carbons (Fsp3) is 0.625. The molecule has 0 aliphatic rings. The number of amides is 2. The first-order valence-electron chi connectivity index (χ1n) is 8.15. The minimum Gasteiger partial charge on any atom is -0.480 e. The van der Waals surface area contributed by atoms with Crippen molar-refractivity contribution in [1.29, 1.82) is 0 Å². The highest BCUT2D eigenvalue weighted by atomic mass is 16.4. The summed E-state index contributed by atoms with van der Waals surface area (Å²) in [6.07, 6.45) is 3.52. The predicted molar refractivity (Wildman–Crippen MR) is 88.7 cm³/mol. The number of carboxylic acid groups (broad SMARTS) is 1. The first-order valence-corrected chi connectivity index (χ1v) is 8.15. The average Bonchev–Trinajstić information content (AvgIpc) is 3.01. The van der Waals surface area contributed by atoms with Crippen LogP contribution in [0.3, 0.4) is 0 Å². The van der Waals surface area contributed by atoms with Gasteiger partial charge in [-0.25, -0.2) is 4.79 Å². The van der Waals surface area contributed by atoms with Crippen LogP contribution in [-0.2, 0) is 9.59 Å². The summed E-state index contributed by atoms with van der Waals surface area (Å²) in [6, 6.07) is 0.793. The van der Waals surface area contributed by atoms with E-state index in [4.69, 9.17) is 0 Å². The summed E-state index contributed by atoms with van der Waals surface area (Å²) in [6.45, 7) is 7.18. The molecule has 0 aromatic carbocycles. The van der Waals surface area contributed by atoms with Crippen molar-refractivity contribution in [1.82, 2.24) is 20.0 Å². The van der Waals surface area contributed by atoms with Gasteiger partial charge in [-0.1, -0.05) is 13.8 Å². The number of hydrogen-bond donors (Lipinski definition) is 2. The van der Waals surface area contributed by atoms with E-state index in [1.807, 2.05) is 13.8 Å². The third kappa shape index (κ3) is 5.07. The maximum Gasteiger partial charge on any atom is 0.326 e. The Labute approximate surface area is 141 Å². The Balaban J connectivity index is 2.94. The van der Waals surface area contributed by atoms with Gasteiger partial charge in [-0.2, -0.15) is 5.10 Å². The SMILES string of the molecule is CCC(CC)n1ccc(C(=O)N(CCNC(C)=O)C(C)C(=O)O)n1. The lowest BCUT2D eigenvalue weighted by atomic mass is 10.2. The van der Waals surface area contributed by atoms with Gasteiger partial charge in [0.15, 0.2) is 0 Å². The van der Waals surface area contributed by atoms with Gasteiger partial charge in [0.05, 0.1) is 6.04 Å². The Bertz CT molecular complexity index is 580. The second-order valence-electron chi connectivity index (χ2n) is 5.65. The van der Waals surface area contributed by atoms with Crippen molar-refractivity contribution in [2.45, 2.75) is 52.6 Å². The molecule has 1 aromatic rings. The molecule has 0 saturated heterocycles. The summed E-state index contributed by atoms with van der Waals surface area (Å²) in [5, 5.41) is 16.1. The molecular weight excluding hydrogens is 312 g/mol. The number of hydrogen-bond acceptors (Lipinski definition) is 4. The Morgan fingerprint density at radius 2 is 1.96 bits per heavy atom. The molecule has 1 heterocycles. The molecule has 1 atom stereocenters. The molecule has 0 saturated carbocycles. The summed E-state index contributed by atoms with van der Waals surface area (Å²) in [4.78, 5) is 36.1. The molecule has 0 aliphatic heterocycles. The third-order valence-corrected chi connectivity index (χ3v) is 3.96. The maximum absolute atomic E-state index is 12.7. The smallest absolute Gasteiger partial charge is 0.326 e. The van der Waals surface area contributed by atoms with E-state index in [-0.39, 0.29) is 30.7 Å². The normalized spacial score (nSPS) is 12.0. The fourth-order valence-electron chi connectivity index (χ4n) is 2.42. The Morgan fingerprint density at radius 3 is 2.46 bits per heavy atom. The number of carbonyl (C=O) groups excluding carboxylic acids is 2. The molecular formula is C16H26N4O4. The molecule has 0 radical (unpaired) electrons. The summed E-state index contributed by atoms with van der Waals surface area (Å²) < 4.78 is 1.74. The van der Waals surface area contributed by atoms with Gasteiger partial charge in [0, 0.05) is 26.2 Å². The second kappa shape index (κ2) is 9.05. The topological polar surface area (TPSA) is 105 Å². The summed E-state index contributed by atoms with van der Waals surface area (Å²) in [7, 11) is 0. The van der Waals surface area contributed by atoms with Crippen molar-refractivity contribution >= 4 is 17.8 Å². The van der Waals surface area contributed by atoms with Crippen molar-refractivity contribution in [2.24, 2.45) is 0 Å². The van der Waals surface area contributed by atoms with Crippen LogP contribution in [-0.4, -0.2) is 56.7 Å². The van der Waals surface area contributed by atoms with E-state index < -0.39 is 17.9 Å². The number of carbonyl (C=O) groups is 3. The minimum absolute atomic E-state index is 0.101. The molecule has 24 heavy (non-hydrogen) atoms. The lowest BCUT2D eigenvalue weighted by Gasteiger charge is -2.25. The first kappa shape index (κ1) is 19.7. The van der Waals surface area contributed by atoms with Gasteiger partial charge in [0.1, 0.15) is 11.7 Å². The number of nitrogens with one attached hydrogen (secondary N) is 1. The largest absolute Gasteiger partial charge is 0.480 e. The Hall–Kier alpha value is -2.38. The van der Waals surface area contributed by atoms with Gasteiger partial charge in [-0.05, 0) is 25.8 Å². The zero-order valence-electron chi connectivity index (χ0n) is 14.7. The molecule has 8 nitrogen and oxygen atoms in total. The first-order chi connectivity index (χ1) is 11.3. The van der Waals surface area contributed by atoms with Crippen LogP contribution in [0.15, 0.2) is 12.3 Å². The molecule has 8 heteroatoms. The molecule has 1 unspecified atom stereocenters. The molecule has 2 N–H and O–H groups in total. The lowest BCUT2D eigenvalue weighted by molar-refractivity contribution is -0.141. The summed E-state index contributed by atoms with van der Waals surface area (Å²) in [5.74, 6) is -1.80. The van der Waals surface area contributed by atoms with Crippen molar-refractivity contribution < 1.29 is 19.5 Å². The molecule has 1 rings (SSSR count). The molecule has 0 bridgehead atoms. The van der Waals surface area contributed by atoms with Crippen molar-refractivity contribution in [3.8, 4) is 0 Å². The van der Waals surface area contributed by atoms with Crippen molar-refractivity contribution in [3.05, 3.63) is 18.0 Å². The van der Waals surface area contributed by atoms with E-state index in [1.54, 1.807) is 16.9 Å². The highest BCUT2D eigenvalue weighted by molar-refractivity contribution is 5.94. The maximum atomic E-state index is 12.7. The van der Waals surface area contributed by atoms with Crippen LogP contribution in [0.25, 0.3) is 0 Å². The van der Waals surface area contributed by atoms with Crippen LogP contribution in [0.5, 0.6) is 0 Å². The van der Waals surface area contributed by atoms with Gasteiger partial charge in [-0.3, -0.25) is 14.3 Å². The van der Waals surface area contributed by atoms with Crippen molar-refractivity contribution in [2.75, 3.05) is 13.1 Å². The van der Waals surface area contributed by atoms with Crippen LogP contribution in [0, 0.1) is 0 Å². The zero-order valence-corrected chi connectivity index (χ0v) is 14.7. The van der Waals surface area contributed by atoms with Crippen LogP contribution in [0.4, 0.5) is 0 Å². The van der Waals surface area contributed by atoms with Crippen LogP contribution in [0.1, 0.15) is 57.1 Å². The predicted octanol–water partition coefficient (Wildman–Crippen LogP) is 1.30. The lowest BCUT2D eigenvalue weighted by Crippen LogP contribution is -2.46. The quantitative estimate of drug-likeness (QED) is 0.706. The molecule has 1 aromatic heterocycles. The van der Waals surface area contributed by atoms with Gasteiger partial charge in [0.25, 0.3) is 5.91 Å². The minimum atomic E-state index is -1.11. The Kier molecular flexibility index (Phi) is 7.41. The summed E-state index contributed by atoms with van der Waals surface area (Å²) >= 11 is 0. The van der Waals surface area contributed by atoms with E-state index in [2.05, 4.69) is 10.4 Å².